The van der Waals surface area contributed by atoms with Gasteiger partial charge in [0.15, 0.2) is 5.82 Å². The third kappa shape index (κ3) is 3.70. The van der Waals surface area contributed by atoms with Gasteiger partial charge >= 0.3 is 0 Å². The summed E-state index contributed by atoms with van der Waals surface area (Å²) < 4.78 is 3.50. The number of nitrogens with zero attached hydrogens (tertiary/aromatic N) is 4. The van der Waals surface area contributed by atoms with Crippen LogP contribution in [0.2, 0.25) is 0 Å². The molecule has 29 heavy (non-hydrogen) atoms. The Bertz CT molecular complexity index is 1100. The Kier molecular flexibility index (Phi) is 5.12. The average molecular weight is 404 g/mol. The van der Waals surface area contributed by atoms with Crippen molar-refractivity contribution in [2.45, 2.75) is 32.2 Å². The van der Waals surface area contributed by atoms with Gasteiger partial charge in [0.05, 0.1) is 15.7 Å². The van der Waals surface area contributed by atoms with Gasteiger partial charge in [0.2, 0.25) is 0 Å². The quantitative estimate of drug-likeness (QED) is 0.482. The van der Waals surface area contributed by atoms with Gasteiger partial charge in [-0.3, -0.25) is 0 Å². The number of aromatic nitrogens is 4. The fourth-order valence-electron chi connectivity index (χ4n) is 4.40. The Morgan fingerprint density at radius 1 is 1.07 bits per heavy atom. The van der Waals surface area contributed by atoms with Gasteiger partial charge < -0.3 is 9.88 Å². The Morgan fingerprint density at radius 2 is 1.90 bits per heavy atom. The second-order valence-electron chi connectivity index (χ2n) is 7.81. The van der Waals surface area contributed by atoms with Gasteiger partial charge in [0, 0.05) is 11.6 Å². The Labute approximate surface area is 174 Å². The van der Waals surface area contributed by atoms with Crippen LogP contribution in [0.5, 0.6) is 0 Å². The standard InChI is InChI=1S/C23H25N5S/c1-2-24-13-16-3-9-20(11-16)28-14-26-27-23(28)18-6-4-17(5-7-18)19-8-10-21-22(12-19)29-15-25-21/h4-8,10,12,14-16,20,24H,2-3,9,11,13H2,1H3/t16-,20+/m0/s1. The molecule has 0 bridgehead atoms. The van der Waals surface area contributed by atoms with E-state index in [-0.39, 0.29) is 0 Å². The molecule has 0 amide bonds. The average Bonchev–Trinajstić information content (AvgIpc) is 3.52. The molecule has 0 unspecified atom stereocenters. The van der Waals surface area contributed by atoms with E-state index in [1.165, 1.54) is 35.1 Å². The second-order valence-corrected chi connectivity index (χ2v) is 8.70. The third-order valence-corrected chi connectivity index (χ3v) is 6.76. The van der Waals surface area contributed by atoms with Crippen LogP contribution in [-0.2, 0) is 0 Å². The Balaban J connectivity index is 1.36. The van der Waals surface area contributed by atoms with Crippen LogP contribution in [-0.4, -0.2) is 32.8 Å². The summed E-state index contributed by atoms with van der Waals surface area (Å²) in [5.74, 6) is 1.72. The lowest BCUT2D eigenvalue weighted by molar-refractivity contribution is 0.457. The van der Waals surface area contributed by atoms with E-state index in [2.05, 4.69) is 74.5 Å². The highest BCUT2D eigenvalue weighted by atomic mass is 32.1. The molecule has 2 heterocycles. The van der Waals surface area contributed by atoms with Crippen molar-refractivity contribution in [1.29, 1.82) is 0 Å². The van der Waals surface area contributed by atoms with Crippen molar-refractivity contribution in [2.24, 2.45) is 5.92 Å². The summed E-state index contributed by atoms with van der Waals surface area (Å²) in [4.78, 5) is 4.37. The van der Waals surface area contributed by atoms with Crippen LogP contribution in [0.25, 0.3) is 32.7 Å². The number of rotatable bonds is 6. The van der Waals surface area contributed by atoms with Gasteiger partial charge in [-0.15, -0.1) is 21.5 Å². The van der Waals surface area contributed by atoms with Crippen molar-refractivity contribution >= 4 is 21.6 Å². The van der Waals surface area contributed by atoms with Crippen molar-refractivity contribution in [3.63, 3.8) is 0 Å². The highest BCUT2D eigenvalue weighted by Gasteiger charge is 2.27. The number of fused-ring (bicyclic) bond motifs is 1. The van der Waals surface area contributed by atoms with Crippen LogP contribution in [0.15, 0.2) is 54.3 Å². The monoisotopic (exact) mass is 403 g/mol. The van der Waals surface area contributed by atoms with Crippen molar-refractivity contribution in [2.75, 3.05) is 13.1 Å². The first-order valence-corrected chi connectivity index (χ1v) is 11.2. The van der Waals surface area contributed by atoms with E-state index in [0.717, 1.165) is 35.9 Å². The normalized spacial score (nSPS) is 19.2. The zero-order valence-corrected chi connectivity index (χ0v) is 17.4. The van der Waals surface area contributed by atoms with Gasteiger partial charge in [-0.25, -0.2) is 4.98 Å². The summed E-state index contributed by atoms with van der Waals surface area (Å²) in [6, 6.07) is 15.6. The van der Waals surface area contributed by atoms with Gasteiger partial charge in [-0.2, -0.15) is 0 Å². The number of hydrogen-bond acceptors (Lipinski definition) is 5. The van der Waals surface area contributed by atoms with Gasteiger partial charge in [-0.05, 0) is 61.5 Å². The molecule has 1 fully saturated rings. The van der Waals surface area contributed by atoms with Crippen LogP contribution >= 0.6 is 11.3 Å². The predicted molar refractivity (Wildman–Crippen MR) is 119 cm³/mol. The third-order valence-electron chi connectivity index (χ3n) is 5.97. The van der Waals surface area contributed by atoms with Gasteiger partial charge in [-0.1, -0.05) is 37.3 Å². The molecule has 0 radical (unpaired) electrons. The molecular weight excluding hydrogens is 378 g/mol. The van der Waals surface area contributed by atoms with E-state index < -0.39 is 0 Å². The molecule has 2 atom stereocenters. The fourth-order valence-corrected chi connectivity index (χ4v) is 5.11. The van der Waals surface area contributed by atoms with E-state index in [0.29, 0.717) is 6.04 Å². The smallest absolute Gasteiger partial charge is 0.164 e. The van der Waals surface area contributed by atoms with Crippen molar-refractivity contribution in [1.82, 2.24) is 25.1 Å². The minimum absolute atomic E-state index is 0.497. The molecule has 1 N–H and O–H groups in total. The molecule has 2 aromatic heterocycles. The van der Waals surface area contributed by atoms with Gasteiger partial charge in [0.1, 0.15) is 6.33 Å². The van der Waals surface area contributed by atoms with E-state index in [1.807, 2.05) is 11.8 Å². The fraction of sp³-hybridized carbons (Fsp3) is 0.348. The highest BCUT2D eigenvalue weighted by molar-refractivity contribution is 7.16. The second kappa shape index (κ2) is 8.05. The molecular formula is C23H25N5S. The van der Waals surface area contributed by atoms with Crippen LogP contribution in [0, 0.1) is 5.92 Å². The van der Waals surface area contributed by atoms with Crippen LogP contribution in [0.1, 0.15) is 32.2 Å². The van der Waals surface area contributed by atoms with E-state index in [1.54, 1.807) is 11.3 Å². The molecule has 5 nitrogen and oxygen atoms in total. The number of nitrogens with one attached hydrogen (secondary N) is 1. The maximum atomic E-state index is 4.45. The largest absolute Gasteiger partial charge is 0.317 e. The zero-order chi connectivity index (χ0) is 19.6. The first-order valence-electron chi connectivity index (χ1n) is 10.4. The minimum Gasteiger partial charge on any atom is -0.317 e. The lowest BCUT2D eigenvalue weighted by atomic mass is 10.0. The lowest BCUT2D eigenvalue weighted by Crippen LogP contribution is -2.21. The molecule has 1 saturated carbocycles. The molecule has 2 aromatic carbocycles. The molecule has 6 heteroatoms. The Hall–Kier alpha value is -2.57. The summed E-state index contributed by atoms with van der Waals surface area (Å²) in [7, 11) is 0. The summed E-state index contributed by atoms with van der Waals surface area (Å²) in [5, 5.41) is 12.2. The maximum Gasteiger partial charge on any atom is 0.164 e. The zero-order valence-electron chi connectivity index (χ0n) is 16.6. The summed E-state index contributed by atoms with van der Waals surface area (Å²) >= 11 is 1.68. The van der Waals surface area contributed by atoms with E-state index >= 15 is 0 Å². The molecule has 148 valence electrons. The molecule has 1 aliphatic rings. The van der Waals surface area contributed by atoms with Crippen LogP contribution < -0.4 is 5.32 Å². The number of thiazole rings is 1. The van der Waals surface area contributed by atoms with Crippen LogP contribution in [0.4, 0.5) is 0 Å². The molecule has 0 aliphatic heterocycles. The summed E-state index contributed by atoms with van der Waals surface area (Å²) in [6.07, 6.45) is 5.58. The topological polar surface area (TPSA) is 55.6 Å². The molecule has 0 saturated heterocycles. The number of benzene rings is 2. The maximum absolute atomic E-state index is 4.45. The molecule has 1 aliphatic carbocycles. The first kappa shape index (κ1) is 18.5. The SMILES string of the molecule is CCNC[C@H]1CC[C@@H](n2cnnc2-c2ccc(-c3ccc4ncsc4c3)cc2)C1. The van der Waals surface area contributed by atoms with Crippen molar-refractivity contribution < 1.29 is 0 Å². The van der Waals surface area contributed by atoms with Crippen molar-refractivity contribution in [3.8, 4) is 22.5 Å². The first-order chi connectivity index (χ1) is 14.3. The van der Waals surface area contributed by atoms with E-state index in [4.69, 9.17) is 0 Å². The lowest BCUT2D eigenvalue weighted by Gasteiger charge is -2.15. The molecule has 4 aromatic rings. The minimum atomic E-state index is 0.497. The molecule has 5 rings (SSSR count). The Morgan fingerprint density at radius 3 is 2.76 bits per heavy atom. The van der Waals surface area contributed by atoms with Gasteiger partial charge in [0.25, 0.3) is 0 Å². The van der Waals surface area contributed by atoms with E-state index in [9.17, 15) is 0 Å². The number of hydrogen-bond donors (Lipinski definition) is 1. The van der Waals surface area contributed by atoms with Crippen molar-refractivity contribution in [3.05, 3.63) is 54.3 Å². The van der Waals surface area contributed by atoms with Crippen LogP contribution in [0.3, 0.4) is 0 Å². The molecule has 0 spiro atoms. The predicted octanol–water partition coefficient (Wildman–Crippen LogP) is 5.17. The highest BCUT2D eigenvalue weighted by Crippen LogP contribution is 2.36. The summed E-state index contributed by atoms with van der Waals surface area (Å²) in [5.41, 5.74) is 6.52. The summed E-state index contributed by atoms with van der Waals surface area (Å²) in [6.45, 7) is 4.33.